The van der Waals surface area contributed by atoms with Crippen molar-refractivity contribution in [3.8, 4) is 67.9 Å². The third-order valence-electron chi connectivity index (χ3n) is 11.6. The maximum Gasteiger partial charge on any atom is 0.164 e. The highest BCUT2D eigenvalue weighted by atomic mass is 32.1. The van der Waals surface area contributed by atoms with Crippen molar-refractivity contribution in [3.05, 3.63) is 210 Å². The van der Waals surface area contributed by atoms with E-state index in [1.54, 1.807) is 0 Å². The molecule has 1 unspecified atom stereocenters. The number of thiophene rings is 1. The van der Waals surface area contributed by atoms with Crippen molar-refractivity contribution in [2.45, 2.75) is 5.41 Å². The monoisotopic (exact) mass is 745 g/mol. The van der Waals surface area contributed by atoms with Gasteiger partial charge in [0, 0.05) is 48.0 Å². The maximum absolute atomic E-state index is 6.81. The first-order chi connectivity index (χ1) is 28.2. The SMILES string of the molecule is c1ccc(-c2nc(-c3ccccc3)nc(-c3cccc(-c4ccc5c(c4)C4(c6ccccc6O5)c5ccccc5-c5c4ccc4sc6ccccc6c54)c3)n2)cc1. The van der Waals surface area contributed by atoms with E-state index in [1.807, 2.05) is 72.0 Å². The molecule has 0 radical (unpaired) electrons. The Hall–Kier alpha value is -7.21. The molecule has 1 atom stereocenters. The quantitative estimate of drug-likeness (QED) is 0.180. The van der Waals surface area contributed by atoms with Gasteiger partial charge in [0.05, 0.1) is 5.41 Å². The summed E-state index contributed by atoms with van der Waals surface area (Å²) in [5.74, 6) is 3.66. The standard InChI is InChI=1S/C52H31N3OS/c1-3-14-32(15-4-1)49-53-50(33-16-5-2-6-17-33)55-51(54-49)36-19-13-18-34(30-36)35-26-28-44-42(31-35)52(40-23-10-11-24-43(40)56-44)39-22-9-7-20-37(39)47-41(52)27-29-46-48(47)38-21-8-12-25-45(38)57-46/h1-31H. The van der Waals surface area contributed by atoms with Gasteiger partial charge in [-0.15, -0.1) is 11.3 Å². The first-order valence-corrected chi connectivity index (χ1v) is 20.0. The first kappa shape index (κ1) is 32.1. The number of rotatable bonds is 4. The molecule has 10 aromatic rings. The zero-order chi connectivity index (χ0) is 37.5. The summed E-state index contributed by atoms with van der Waals surface area (Å²) < 4.78 is 9.41. The lowest BCUT2D eigenvalue weighted by Gasteiger charge is -2.39. The van der Waals surface area contributed by atoms with Gasteiger partial charge in [-0.05, 0) is 69.8 Å². The zero-order valence-corrected chi connectivity index (χ0v) is 31.4. The van der Waals surface area contributed by atoms with Gasteiger partial charge >= 0.3 is 0 Å². The fourth-order valence-corrected chi connectivity index (χ4v) is 10.3. The van der Waals surface area contributed by atoms with Crippen LogP contribution in [0.5, 0.6) is 11.5 Å². The van der Waals surface area contributed by atoms with Crippen LogP contribution in [0.3, 0.4) is 0 Å². The van der Waals surface area contributed by atoms with Crippen LogP contribution in [0.4, 0.5) is 0 Å². The summed E-state index contributed by atoms with van der Waals surface area (Å²) in [6, 6.07) is 66.5. The normalized spacial score (nSPS) is 14.9. The molecule has 0 N–H and O–H groups in total. The van der Waals surface area contributed by atoms with Crippen LogP contribution >= 0.6 is 11.3 Å². The Morgan fingerprint density at radius 1 is 0.386 bits per heavy atom. The molecule has 8 aromatic carbocycles. The minimum Gasteiger partial charge on any atom is -0.457 e. The third-order valence-corrected chi connectivity index (χ3v) is 12.7. The number of para-hydroxylation sites is 1. The topological polar surface area (TPSA) is 47.9 Å². The molecule has 5 heteroatoms. The molecule has 0 fully saturated rings. The summed E-state index contributed by atoms with van der Waals surface area (Å²) in [7, 11) is 0. The van der Waals surface area contributed by atoms with Crippen LogP contribution in [-0.2, 0) is 5.41 Å². The molecule has 2 aromatic heterocycles. The van der Waals surface area contributed by atoms with E-state index in [-0.39, 0.29) is 0 Å². The second-order valence-corrected chi connectivity index (χ2v) is 15.8. The number of fused-ring (bicyclic) bond motifs is 13. The molecule has 0 bridgehead atoms. The fourth-order valence-electron chi connectivity index (χ4n) is 9.16. The van der Waals surface area contributed by atoms with Gasteiger partial charge in [-0.2, -0.15) is 0 Å². The van der Waals surface area contributed by atoms with E-state index in [2.05, 4.69) is 127 Å². The van der Waals surface area contributed by atoms with Crippen LogP contribution in [-0.4, -0.2) is 15.0 Å². The van der Waals surface area contributed by atoms with Crippen LogP contribution in [0.15, 0.2) is 188 Å². The van der Waals surface area contributed by atoms with Crippen molar-refractivity contribution in [2.24, 2.45) is 0 Å². The lowest BCUT2D eigenvalue weighted by molar-refractivity contribution is 0.436. The average molecular weight is 746 g/mol. The summed E-state index contributed by atoms with van der Waals surface area (Å²) in [5.41, 5.74) is 11.8. The Balaban J connectivity index is 1.07. The van der Waals surface area contributed by atoms with Gasteiger partial charge in [0.25, 0.3) is 0 Å². The van der Waals surface area contributed by atoms with Crippen LogP contribution in [0.1, 0.15) is 22.3 Å². The number of aromatic nitrogens is 3. The van der Waals surface area contributed by atoms with E-state index in [9.17, 15) is 0 Å². The van der Waals surface area contributed by atoms with Crippen LogP contribution in [0.25, 0.3) is 76.6 Å². The van der Waals surface area contributed by atoms with E-state index < -0.39 is 5.41 Å². The molecular formula is C52H31N3OS. The van der Waals surface area contributed by atoms with Crippen molar-refractivity contribution < 1.29 is 4.74 Å². The average Bonchev–Trinajstić information content (AvgIpc) is 3.81. The van der Waals surface area contributed by atoms with Crippen LogP contribution in [0.2, 0.25) is 0 Å². The number of nitrogens with zero attached hydrogens (tertiary/aromatic N) is 3. The Bertz CT molecular complexity index is 3170. The van der Waals surface area contributed by atoms with Crippen LogP contribution in [0, 0.1) is 0 Å². The maximum atomic E-state index is 6.81. The highest BCUT2D eigenvalue weighted by molar-refractivity contribution is 7.26. The van der Waals surface area contributed by atoms with Gasteiger partial charge in [-0.25, -0.2) is 15.0 Å². The Morgan fingerprint density at radius 3 is 1.77 bits per heavy atom. The minimum atomic E-state index is -0.593. The minimum absolute atomic E-state index is 0.593. The molecule has 1 aliphatic heterocycles. The summed E-state index contributed by atoms with van der Waals surface area (Å²) in [5, 5.41) is 2.63. The molecule has 1 spiro atoms. The number of hydrogen-bond acceptors (Lipinski definition) is 5. The van der Waals surface area contributed by atoms with Gasteiger partial charge < -0.3 is 4.74 Å². The Labute approximate surface area is 333 Å². The number of hydrogen-bond donors (Lipinski definition) is 0. The van der Waals surface area contributed by atoms with Gasteiger partial charge in [-0.1, -0.05) is 152 Å². The summed E-state index contributed by atoms with van der Waals surface area (Å²) in [4.78, 5) is 15.0. The summed E-state index contributed by atoms with van der Waals surface area (Å²) >= 11 is 1.87. The second-order valence-electron chi connectivity index (χ2n) is 14.7. The predicted molar refractivity (Wildman–Crippen MR) is 232 cm³/mol. The van der Waals surface area contributed by atoms with Crippen molar-refractivity contribution in [1.82, 2.24) is 15.0 Å². The van der Waals surface area contributed by atoms with Crippen molar-refractivity contribution in [3.63, 3.8) is 0 Å². The molecular weight excluding hydrogens is 715 g/mol. The van der Waals surface area contributed by atoms with E-state index >= 15 is 0 Å². The van der Waals surface area contributed by atoms with E-state index in [0.717, 1.165) is 50.4 Å². The zero-order valence-electron chi connectivity index (χ0n) is 30.6. The third kappa shape index (κ3) is 4.76. The smallest absolute Gasteiger partial charge is 0.164 e. The van der Waals surface area contributed by atoms with E-state index in [0.29, 0.717) is 17.5 Å². The molecule has 3 heterocycles. The van der Waals surface area contributed by atoms with E-state index in [1.165, 1.54) is 42.4 Å². The molecule has 0 saturated heterocycles. The van der Waals surface area contributed by atoms with Crippen molar-refractivity contribution in [2.75, 3.05) is 0 Å². The summed E-state index contributed by atoms with van der Waals surface area (Å²) in [6.07, 6.45) is 0. The summed E-state index contributed by atoms with van der Waals surface area (Å²) in [6.45, 7) is 0. The number of benzene rings is 8. The second kappa shape index (κ2) is 12.4. The van der Waals surface area contributed by atoms with Crippen molar-refractivity contribution in [1.29, 1.82) is 0 Å². The lowest BCUT2D eigenvalue weighted by atomic mass is 9.65. The van der Waals surface area contributed by atoms with Gasteiger partial charge in [-0.3, -0.25) is 0 Å². The molecule has 1 aliphatic carbocycles. The van der Waals surface area contributed by atoms with E-state index in [4.69, 9.17) is 19.7 Å². The van der Waals surface area contributed by atoms with Crippen molar-refractivity contribution >= 4 is 31.5 Å². The fraction of sp³-hybridized carbons (Fsp3) is 0.0192. The highest BCUT2D eigenvalue weighted by Crippen LogP contribution is 2.64. The molecule has 12 rings (SSSR count). The number of ether oxygens (including phenoxy) is 1. The molecule has 57 heavy (non-hydrogen) atoms. The van der Waals surface area contributed by atoms with Crippen LogP contribution < -0.4 is 4.74 Å². The van der Waals surface area contributed by atoms with Gasteiger partial charge in [0.1, 0.15) is 11.5 Å². The van der Waals surface area contributed by atoms with Gasteiger partial charge in [0.2, 0.25) is 0 Å². The molecule has 2 aliphatic rings. The molecule has 4 nitrogen and oxygen atoms in total. The molecule has 266 valence electrons. The molecule has 0 amide bonds. The Kier molecular flexibility index (Phi) is 6.98. The largest absolute Gasteiger partial charge is 0.457 e. The lowest BCUT2D eigenvalue weighted by Crippen LogP contribution is -2.32. The predicted octanol–water partition coefficient (Wildman–Crippen LogP) is 13.4. The van der Waals surface area contributed by atoms with Gasteiger partial charge in [0.15, 0.2) is 17.5 Å². The molecule has 0 saturated carbocycles. The highest BCUT2D eigenvalue weighted by Gasteiger charge is 2.51. The Morgan fingerprint density at radius 2 is 0.982 bits per heavy atom. The first-order valence-electron chi connectivity index (χ1n) is 19.2.